The number of hydrogen-bond acceptors (Lipinski definition) is 5. The number of nitrogens with zero attached hydrogens (tertiary/aromatic N) is 2. The quantitative estimate of drug-likeness (QED) is 0.600. The number of halogens is 2. The van der Waals surface area contributed by atoms with Gasteiger partial charge in [0.15, 0.2) is 23.1 Å². The molecule has 2 aromatic carbocycles. The molecule has 1 heterocycles. The Kier molecular flexibility index (Phi) is 2.83. The summed E-state index contributed by atoms with van der Waals surface area (Å²) in [6, 6.07) is 4.29. The molecule has 0 saturated heterocycles. The van der Waals surface area contributed by atoms with Crippen molar-refractivity contribution < 1.29 is 24.1 Å². The standard InChI is InChI=1S/C14H8F2N2O3/c15-7-3-9-10(4-8(7)16)18-11(5-17-9)6-1-2-12(19)14(21)13(6)20/h1-5,19-21H. The van der Waals surface area contributed by atoms with Crippen molar-refractivity contribution in [1.82, 2.24) is 9.97 Å². The van der Waals surface area contributed by atoms with E-state index in [0.717, 1.165) is 12.1 Å². The molecule has 3 rings (SSSR count). The zero-order chi connectivity index (χ0) is 15.1. The van der Waals surface area contributed by atoms with Crippen LogP contribution in [0.15, 0.2) is 30.5 Å². The molecule has 0 aliphatic carbocycles. The highest BCUT2D eigenvalue weighted by molar-refractivity contribution is 5.79. The highest BCUT2D eigenvalue weighted by Gasteiger charge is 2.15. The Hall–Kier alpha value is -2.96. The lowest BCUT2D eigenvalue weighted by Crippen LogP contribution is -1.92. The van der Waals surface area contributed by atoms with Gasteiger partial charge in [0.25, 0.3) is 0 Å². The lowest BCUT2D eigenvalue weighted by molar-refractivity contribution is 0.369. The van der Waals surface area contributed by atoms with E-state index in [1.54, 1.807) is 0 Å². The Morgan fingerprint density at radius 2 is 1.52 bits per heavy atom. The van der Waals surface area contributed by atoms with Crippen molar-refractivity contribution in [2.24, 2.45) is 0 Å². The SMILES string of the molecule is Oc1ccc(-c2cnc3cc(F)c(F)cc3n2)c(O)c1O. The molecule has 21 heavy (non-hydrogen) atoms. The van der Waals surface area contributed by atoms with Crippen LogP contribution in [0.3, 0.4) is 0 Å². The molecule has 5 nitrogen and oxygen atoms in total. The van der Waals surface area contributed by atoms with Crippen LogP contribution < -0.4 is 0 Å². The van der Waals surface area contributed by atoms with Crippen LogP contribution in [0, 0.1) is 11.6 Å². The van der Waals surface area contributed by atoms with Gasteiger partial charge in [0.2, 0.25) is 5.75 Å². The number of phenols is 3. The summed E-state index contributed by atoms with van der Waals surface area (Å²) in [5, 5.41) is 28.5. The topological polar surface area (TPSA) is 86.5 Å². The van der Waals surface area contributed by atoms with E-state index in [2.05, 4.69) is 9.97 Å². The van der Waals surface area contributed by atoms with E-state index in [0.29, 0.717) is 0 Å². The minimum atomic E-state index is -1.06. The first-order valence-corrected chi connectivity index (χ1v) is 5.83. The van der Waals surface area contributed by atoms with Gasteiger partial charge in [-0.15, -0.1) is 0 Å². The molecule has 0 aliphatic heterocycles. The molecule has 0 aliphatic rings. The maximum atomic E-state index is 13.2. The van der Waals surface area contributed by atoms with Crippen LogP contribution in [0.1, 0.15) is 0 Å². The van der Waals surface area contributed by atoms with Crippen molar-refractivity contribution >= 4 is 11.0 Å². The predicted octanol–water partition coefficient (Wildman–Crippen LogP) is 2.69. The van der Waals surface area contributed by atoms with E-state index >= 15 is 0 Å². The first kappa shape index (κ1) is 13.0. The van der Waals surface area contributed by atoms with Gasteiger partial charge in [-0.1, -0.05) is 0 Å². The second-order valence-corrected chi connectivity index (χ2v) is 4.34. The summed E-state index contributed by atoms with van der Waals surface area (Å²) in [5.41, 5.74) is 0.490. The van der Waals surface area contributed by atoms with Gasteiger partial charge >= 0.3 is 0 Å². The van der Waals surface area contributed by atoms with Crippen LogP contribution in [-0.4, -0.2) is 25.3 Å². The third-order valence-corrected chi connectivity index (χ3v) is 2.99. The number of aromatic hydroxyl groups is 3. The fourth-order valence-electron chi connectivity index (χ4n) is 1.91. The molecule has 0 unspecified atom stereocenters. The first-order chi connectivity index (χ1) is 9.97. The average Bonchev–Trinajstić information content (AvgIpc) is 2.46. The van der Waals surface area contributed by atoms with Crippen LogP contribution in [0.25, 0.3) is 22.3 Å². The molecule has 0 bridgehead atoms. The average molecular weight is 290 g/mol. The number of rotatable bonds is 1. The Morgan fingerprint density at radius 1 is 0.857 bits per heavy atom. The summed E-state index contributed by atoms with van der Waals surface area (Å²) in [6.07, 6.45) is 1.24. The van der Waals surface area contributed by atoms with Crippen molar-refractivity contribution in [2.45, 2.75) is 0 Å². The van der Waals surface area contributed by atoms with Crippen LogP contribution in [0.2, 0.25) is 0 Å². The summed E-state index contributed by atoms with van der Waals surface area (Å²) in [4.78, 5) is 7.99. The zero-order valence-corrected chi connectivity index (χ0v) is 10.4. The van der Waals surface area contributed by atoms with E-state index in [1.807, 2.05) is 0 Å². The van der Waals surface area contributed by atoms with E-state index in [4.69, 9.17) is 0 Å². The molecular weight excluding hydrogens is 282 g/mol. The molecule has 1 aromatic heterocycles. The summed E-state index contributed by atoms with van der Waals surface area (Å²) < 4.78 is 26.3. The molecule has 0 radical (unpaired) electrons. The highest BCUT2D eigenvalue weighted by atomic mass is 19.2. The van der Waals surface area contributed by atoms with Gasteiger partial charge in [0.1, 0.15) is 0 Å². The number of hydrogen-bond donors (Lipinski definition) is 3. The molecule has 0 spiro atoms. The minimum Gasteiger partial charge on any atom is -0.504 e. The monoisotopic (exact) mass is 290 g/mol. The maximum absolute atomic E-state index is 13.2. The Morgan fingerprint density at radius 3 is 2.24 bits per heavy atom. The van der Waals surface area contributed by atoms with Gasteiger partial charge in [0, 0.05) is 17.7 Å². The third kappa shape index (κ3) is 2.08. The zero-order valence-electron chi connectivity index (χ0n) is 10.4. The molecule has 106 valence electrons. The second-order valence-electron chi connectivity index (χ2n) is 4.34. The van der Waals surface area contributed by atoms with Gasteiger partial charge in [0.05, 0.1) is 22.9 Å². The molecule has 3 aromatic rings. The largest absolute Gasteiger partial charge is 0.504 e. The summed E-state index contributed by atoms with van der Waals surface area (Å²) in [5.74, 6) is -3.86. The lowest BCUT2D eigenvalue weighted by atomic mass is 10.1. The van der Waals surface area contributed by atoms with Crippen LogP contribution in [0.5, 0.6) is 17.2 Å². The van der Waals surface area contributed by atoms with Crippen molar-refractivity contribution in [3.63, 3.8) is 0 Å². The van der Waals surface area contributed by atoms with Crippen molar-refractivity contribution in [3.05, 3.63) is 42.1 Å². The van der Waals surface area contributed by atoms with Gasteiger partial charge in [-0.3, -0.25) is 4.98 Å². The number of fused-ring (bicyclic) bond motifs is 1. The molecule has 0 fully saturated rings. The highest BCUT2D eigenvalue weighted by Crippen LogP contribution is 2.41. The molecule has 3 N–H and O–H groups in total. The third-order valence-electron chi connectivity index (χ3n) is 2.99. The fraction of sp³-hybridized carbons (Fsp3) is 0. The van der Waals surface area contributed by atoms with Gasteiger partial charge in [-0.2, -0.15) is 0 Å². The normalized spacial score (nSPS) is 11.0. The van der Waals surface area contributed by atoms with E-state index in [1.165, 1.54) is 18.3 Å². The Balaban J connectivity index is 2.22. The smallest absolute Gasteiger partial charge is 0.200 e. The first-order valence-electron chi connectivity index (χ1n) is 5.83. The summed E-state index contributed by atoms with van der Waals surface area (Å²) >= 11 is 0. The summed E-state index contributed by atoms with van der Waals surface area (Å²) in [6.45, 7) is 0. The van der Waals surface area contributed by atoms with Crippen LogP contribution in [-0.2, 0) is 0 Å². The Labute approximate surface area is 116 Å². The van der Waals surface area contributed by atoms with E-state index in [9.17, 15) is 24.1 Å². The molecular formula is C14H8F2N2O3. The Bertz CT molecular complexity index is 868. The number of benzene rings is 2. The van der Waals surface area contributed by atoms with Crippen molar-refractivity contribution in [1.29, 1.82) is 0 Å². The van der Waals surface area contributed by atoms with Crippen LogP contribution >= 0.6 is 0 Å². The number of phenolic OH excluding ortho intramolecular Hbond substituents is 3. The molecule has 0 atom stereocenters. The van der Waals surface area contributed by atoms with Gasteiger partial charge in [-0.25, -0.2) is 13.8 Å². The van der Waals surface area contributed by atoms with Gasteiger partial charge < -0.3 is 15.3 Å². The fourth-order valence-corrected chi connectivity index (χ4v) is 1.91. The number of aromatic nitrogens is 2. The predicted molar refractivity (Wildman–Crippen MR) is 69.9 cm³/mol. The maximum Gasteiger partial charge on any atom is 0.200 e. The second kappa shape index (κ2) is 4.55. The summed E-state index contributed by atoms with van der Waals surface area (Å²) in [7, 11) is 0. The minimum absolute atomic E-state index is 0.0957. The van der Waals surface area contributed by atoms with Crippen LogP contribution in [0.4, 0.5) is 8.78 Å². The van der Waals surface area contributed by atoms with Gasteiger partial charge in [-0.05, 0) is 12.1 Å². The van der Waals surface area contributed by atoms with Crippen molar-refractivity contribution in [2.75, 3.05) is 0 Å². The van der Waals surface area contributed by atoms with Crippen molar-refractivity contribution in [3.8, 4) is 28.5 Å². The van der Waals surface area contributed by atoms with E-state index in [-0.39, 0.29) is 22.3 Å². The molecule has 0 amide bonds. The lowest BCUT2D eigenvalue weighted by Gasteiger charge is -2.07. The molecule has 7 heteroatoms. The molecule has 0 saturated carbocycles. The van der Waals surface area contributed by atoms with E-state index < -0.39 is 28.9 Å².